The number of halogens is 4. The van der Waals surface area contributed by atoms with Crippen LogP contribution in [0.25, 0.3) is 0 Å². The minimum Gasteiger partial charge on any atom is -0.372 e. The van der Waals surface area contributed by atoms with E-state index in [1.165, 1.54) is 0 Å². The van der Waals surface area contributed by atoms with Crippen LogP contribution in [0.3, 0.4) is 0 Å². The van der Waals surface area contributed by atoms with Crippen LogP contribution in [-0.2, 0) is 12.6 Å². The van der Waals surface area contributed by atoms with Crippen molar-refractivity contribution in [3.8, 4) is 0 Å². The molecule has 0 aromatic heterocycles. The first kappa shape index (κ1) is 11.9. The van der Waals surface area contributed by atoms with Gasteiger partial charge in [-0.25, -0.2) is 4.39 Å². The molecule has 92 valence electrons. The summed E-state index contributed by atoms with van der Waals surface area (Å²) in [6.45, 7) is 1.16. The molecule has 6 heteroatoms. The third-order valence-electron chi connectivity index (χ3n) is 2.47. The molecule has 1 aromatic rings. The molecular formula is C11H10F4N2. The van der Waals surface area contributed by atoms with E-state index in [0.29, 0.717) is 18.9 Å². The Morgan fingerprint density at radius 3 is 2.65 bits per heavy atom. The second-order valence-electron chi connectivity index (χ2n) is 3.73. The predicted octanol–water partition coefficient (Wildman–Crippen LogP) is 2.39. The maximum absolute atomic E-state index is 13.0. The van der Waals surface area contributed by atoms with E-state index < -0.39 is 17.6 Å². The molecule has 1 heterocycles. The predicted molar refractivity (Wildman–Crippen MR) is 55.4 cm³/mol. The Balaban J connectivity index is 2.33. The van der Waals surface area contributed by atoms with Gasteiger partial charge in [0.25, 0.3) is 0 Å². The molecule has 0 aliphatic carbocycles. The number of alkyl halides is 3. The van der Waals surface area contributed by atoms with Gasteiger partial charge in [-0.3, -0.25) is 4.99 Å². The van der Waals surface area contributed by atoms with Gasteiger partial charge in [-0.2, -0.15) is 13.2 Å². The van der Waals surface area contributed by atoms with Crippen molar-refractivity contribution in [2.75, 3.05) is 13.1 Å². The van der Waals surface area contributed by atoms with Gasteiger partial charge in [0, 0.05) is 13.0 Å². The Morgan fingerprint density at radius 1 is 1.29 bits per heavy atom. The molecule has 2 rings (SSSR count). The van der Waals surface area contributed by atoms with Crippen LogP contribution in [0.1, 0.15) is 11.1 Å². The lowest BCUT2D eigenvalue weighted by molar-refractivity contribution is -0.138. The second kappa shape index (κ2) is 4.35. The average Bonchev–Trinajstić information content (AvgIpc) is 2.68. The first-order valence-corrected chi connectivity index (χ1v) is 5.09. The molecule has 1 aromatic carbocycles. The van der Waals surface area contributed by atoms with Crippen molar-refractivity contribution in [3.05, 3.63) is 35.1 Å². The lowest BCUT2D eigenvalue weighted by Gasteiger charge is -2.13. The van der Waals surface area contributed by atoms with E-state index in [2.05, 4.69) is 10.3 Å². The highest BCUT2D eigenvalue weighted by Gasteiger charge is 2.33. The fourth-order valence-electron chi connectivity index (χ4n) is 1.73. The molecule has 0 saturated carbocycles. The van der Waals surface area contributed by atoms with Gasteiger partial charge in [-0.15, -0.1) is 0 Å². The van der Waals surface area contributed by atoms with Crippen LogP contribution < -0.4 is 5.32 Å². The van der Waals surface area contributed by atoms with Crippen molar-refractivity contribution in [3.63, 3.8) is 0 Å². The lowest BCUT2D eigenvalue weighted by atomic mass is 10.0. The number of rotatable bonds is 2. The fourth-order valence-corrected chi connectivity index (χ4v) is 1.73. The van der Waals surface area contributed by atoms with Crippen molar-refractivity contribution in [2.24, 2.45) is 4.99 Å². The molecule has 0 saturated heterocycles. The highest BCUT2D eigenvalue weighted by Crippen LogP contribution is 2.32. The molecule has 1 aliphatic heterocycles. The third kappa shape index (κ3) is 2.75. The topological polar surface area (TPSA) is 24.4 Å². The zero-order chi connectivity index (χ0) is 12.5. The van der Waals surface area contributed by atoms with Gasteiger partial charge in [-0.1, -0.05) is 0 Å². The molecule has 0 radical (unpaired) electrons. The molecule has 0 amide bonds. The summed E-state index contributed by atoms with van der Waals surface area (Å²) < 4.78 is 51.0. The van der Waals surface area contributed by atoms with E-state index in [4.69, 9.17) is 0 Å². The standard InChI is InChI=1S/C11H10F4N2/c12-8-1-2-9(11(13,14)15)7(5-8)6-10-16-3-4-17-10/h1-2,5H,3-4,6H2,(H,16,17). The van der Waals surface area contributed by atoms with E-state index in [9.17, 15) is 17.6 Å². The quantitative estimate of drug-likeness (QED) is 0.796. The Bertz CT molecular complexity index is 451. The summed E-state index contributed by atoms with van der Waals surface area (Å²) in [5.41, 5.74) is -0.902. The van der Waals surface area contributed by atoms with E-state index >= 15 is 0 Å². The van der Waals surface area contributed by atoms with Crippen molar-refractivity contribution in [2.45, 2.75) is 12.6 Å². The summed E-state index contributed by atoms with van der Waals surface area (Å²) >= 11 is 0. The summed E-state index contributed by atoms with van der Waals surface area (Å²) in [6, 6.07) is 2.49. The maximum Gasteiger partial charge on any atom is 0.416 e. The number of benzene rings is 1. The molecular weight excluding hydrogens is 236 g/mol. The zero-order valence-electron chi connectivity index (χ0n) is 8.81. The van der Waals surface area contributed by atoms with Crippen LogP contribution in [-0.4, -0.2) is 18.9 Å². The summed E-state index contributed by atoms with van der Waals surface area (Å²) in [7, 11) is 0. The highest BCUT2D eigenvalue weighted by atomic mass is 19.4. The third-order valence-corrected chi connectivity index (χ3v) is 2.47. The Labute approximate surface area is 95.4 Å². The minimum absolute atomic E-state index is 0.0212. The highest BCUT2D eigenvalue weighted by molar-refractivity contribution is 5.86. The van der Waals surface area contributed by atoms with Gasteiger partial charge in [-0.05, 0) is 23.8 Å². The normalized spacial score (nSPS) is 15.6. The molecule has 0 unspecified atom stereocenters. The first-order chi connectivity index (χ1) is 7.97. The summed E-state index contributed by atoms with van der Waals surface area (Å²) in [4.78, 5) is 4.00. The van der Waals surface area contributed by atoms with Crippen molar-refractivity contribution >= 4 is 5.84 Å². The largest absolute Gasteiger partial charge is 0.416 e. The molecule has 0 bridgehead atoms. The zero-order valence-corrected chi connectivity index (χ0v) is 8.81. The van der Waals surface area contributed by atoms with Gasteiger partial charge in [0.05, 0.1) is 12.1 Å². The smallest absolute Gasteiger partial charge is 0.372 e. The monoisotopic (exact) mass is 246 g/mol. The molecule has 1 aliphatic rings. The lowest BCUT2D eigenvalue weighted by Crippen LogP contribution is -2.22. The van der Waals surface area contributed by atoms with Gasteiger partial charge in [0.2, 0.25) is 0 Å². The van der Waals surface area contributed by atoms with Crippen molar-refractivity contribution in [1.29, 1.82) is 0 Å². The number of aliphatic imine (C=N–C) groups is 1. The van der Waals surface area contributed by atoms with E-state index in [1.54, 1.807) is 0 Å². The van der Waals surface area contributed by atoms with Gasteiger partial charge >= 0.3 is 6.18 Å². The summed E-state index contributed by atoms with van der Waals surface area (Å²) in [5, 5.41) is 2.86. The van der Waals surface area contributed by atoms with Crippen LogP contribution in [0.2, 0.25) is 0 Å². The van der Waals surface area contributed by atoms with Crippen LogP contribution in [0.4, 0.5) is 17.6 Å². The Kier molecular flexibility index (Phi) is 3.04. The van der Waals surface area contributed by atoms with Crippen LogP contribution in [0.5, 0.6) is 0 Å². The van der Waals surface area contributed by atoms with E-state index in [0.717, 1.165) is 18.2 Å². The first-order valence-electron chi connectivity index (χ1n) is 5.09. The Hall–Kier alpha value is -1.59. The molecule has 0 atom stereocenters. The summed E-state index contributed by atoms with van der Waals surface area (Å²) in [6.07, 6.45) is -4.49. The van der Waals surface area contributed by atoms with Crippen molar-refractivity contribution < 1.29 is 17.6 Å². The van der Waals surface area contributed by atoms with Gasteiger partial charge in [0.1, 0.15) is 11.7 Å². The fraction of sp³-hybridized carbons (Fsp3) is 0.364. The van der Waals surface area contributed by atoms with E-state index in [-0.39, 0.29) is 12.0 Å². The van der Waals surface area contributed by atoms with Crippen LogP contribution in [0, 0.1) is 5.82 Å². The Morgan fingerprint density at radius 2 is 2.06 bits per heavy atom. The summed E-state index contributed by atoms with van der Waals surface area (Å²) in [5.74, 6) is -0.201. The molecule has 0 fully saturated rings. The maximum atomic E-state index is 13.0. The van der Waals surface area contributed by atoms with Crippen molar-refractivity contribution in [1.82, 2.24) is 5.32 Å². The molecule has 17 heavy (non-hydrogen) atoms. The number of hydrogen-bond donors (Lipinski definition) is 1. The number of hydrogen-bond acceptors (Lipinski definition) is 2. The average molecular weight is 246 g/mol. The number of nitrogens with one attached hydrogen (secondary N) is 1. The van der Waals surface area contributed by atoms with Gasteiger partial charge < -0.3 is 5.32 Å². The minimum atomic E-state index is -4.47. The SMILES string of the molecule is Fc1ccc(C(F)(F)F)c(CC2=NCCN2)c1. The number of nitrogens with zero attached hydrogens (tertiary/aromatic N) is 1. The van der Waals surface area contributed by atoms with E-state index in [1.807, 2.05) is 0 Å². The molecule has 2 nitrogen and oxygen atoms in total. The van der Waals surface area contributed by atoms with Crippen LogP contribution in [0.15, 0.2) is 23.2 Å². The second-order valence-corrected chi connectivity index (χ2v) is 3.73. The van der Waals surface area contributed by atoms with Crippen LogP contribution >= 0.6 is 0 Å². The molecule has 1 N–H and O–H groups in total. The van der Waals surface area contributed by atoms with Gasteiger partial charge in [0.15, 0.2) is 0 Å². The molecule has 0 spiro atoms. The number of amidine groups is 1.